The number of carbonyl (C=O) groups excluding carboxylic acids is 3. The zero-order valence-electron chi connectivity index (χ0n) is 19.0. The van der Waals surface area contributed by atoms with Crippen molar-refractivity contribution in [3.63, 3.8) is 0 Å². The average Bonchev–Trinajstić information content (AvgIpc) is 3.12. The topological polar surface area (TPSA) is 104 Å². The van der Waals surface area contributed by atoms with Crippen molar-refractivity contribution < 1.29 is 22.8 Å². The summed E-state index contributed by atoms with van der Waals surface area (Å²) in [7, 11) is -4.25. The van der Waals surface area contributed by atoms with Crippen LogP contribution in [0.25, 0.3) is 0 Å². The molecule has 36 heavy (non-hydrogen) atoms. The summed E-state index contributed by atoms with van der Waals surface area (Å²) in [4.78, 5) is 38.7. The fraction of sp³-hybridized carbons (Fsp3) is 0.160. The number of hydrogen-bond donors (Lipinski definition) is 1. The molecule has 1 atom stereocenters. The minimum atomic E-state index is -4.25. The maximum atomic E-state index is 13.8. The number of imide groups is 1. The summed E-state index contributed by atoms with van der Waals surface area (Å²) >= 11 is 8.43. The Kier molecular flexibility index (Phi) is 7.79. The molecule has 0 radical (unpaired) electrons. The van der Waals surface area contributed by atoms with Crippen LogP contribution in [0.4, 0.5) is 11.4 Å². The number of nitrogens with one attached hydrogen (secondary N) is 1. The molecule has 0 aromatic heterocycles. The summed E-state index contributed by atoms with van der Waals surface area (Å²) < 4.78 is 29.6. The van der Waals surface area contributed by atoms with Gasteiger partial charge in [0, 0.05) is 27.7 Å². The first-order valence-electron chi connectivity index (χ1n) is 10.8. The van der Waals surface area contributed by atoms with Gasteiger partial charge in [0.25, 0.3) is 5.91 Å². The van der Waals surface area contributed by atoms with Crippen molar-refractivity contribution >= 4 is 73.3 Å². The molecular weight excluding hydrogens is 617 g/mol. The quantitative estimate of drug-likeness (QED) is 0.305. The number of carbonyl (C=O) groups is 3. The van der Waals surface area contributed by atoms with Gasteiger partial charge in [0.2, 0.25) is 21.8 Å². The first kappa shape index (κ1) is 26.3. The van der Waals surface area contributed by atoms with E-state index in [1.54, 1.807) is 48.5 Å². The minimum Gasteiger partial charge on any atom is -0.326 e. The molecule has 3 aromatic rings. The van der Waals surface area contributed by atoms with Crippen LogP contribution in [-0.4, -0.2) is 36.5 Å². The fourth-order valence-electron chi connectivity index (χ4n) is 3.91. The molecule has 11 heteroatoms. The number of nitrogens with zero attached hydrogens (tertiary/aromatic N) is 2. The van der Waals surface area contributed by atoms with Gasteiger partial charge in [0.15, 0.2) is 0 Å². The van der Waals surface area contributed by atoms with Crippen molar-refractivity contribution in [2.45, 2.75) is 30.8 Å². The lowest BCUT2D eigenvalue weighted by Gasteiger charge is -2.27. The summed E-state index contributed by atoms with van der Waals surface area (Å²) in [6.45, 7) is 1.14. The van der Waals surface area contributed by atoms with E-state index < -0.39 is 27.9 Å². The lowest BCUT2D eigenvalue weighted by Crippen LogP contribution is -2.45. The maximum absolute atomic E-state index is 13.8. The van der Waals surface area contributed by atoms with Crippen LogP contribution in [0.2, 0.25) is 5.02 Å². The van der Waals surface area contributed by atoms with Gasteiger partial charge in [-0.2, -0.15) is 4.31 Å². The Hall–Kier alpha value is -2.80. The Morgan fingerprint density at radius 2 is 1.69 bits per heavy atom. The van der Waals surface area contributed by atoms with Crippen LogP contribution in [0.3, 0.4) is 0 Å². The third kappa shape index (κ3) is 5.46. The predicted octanol–water partition coefficient (Wildman–Crippen LogP) is 4.43. The molecule has 0 saturated carbocycles. The van der Waals surface area contributed by atoms with Crippen molar-refractivity contribution in [3.8, 4) is 0 Å². The third-order valence-corrected chi connectivity index (χ3v) is 8.58. The van der Waals surface area contributed by atoms with Crippen molar-refractivity contribution in [1.82, 2.24) is 4.31 Å². The number of halogens is 2. The van der Waals surface area contributed by atoms with Gasteiger partial charge >= 0.3 is 0 Å². The Morgan fingerprint density at radius 3 is 2.31 bits per heavy atom. The molecule has 1 fully saturated rings. The van der Waals surface area contributed by atoms with Crippen molar-refractivity contribution in [2.75, 3.05) is 10.2 Å². The van der Waals surface area contributed by atoms with E-state index >= 15 is 0 Å². The number of rotatable bonds is 7. The molecule has 186 valence electrons. The van der Waals surface area contributed by atoms with Crippen LogP contribution < -0.4 is 10.2 Å². The Morgan fingerprint density at radius 1 is 1.06 bits per heavy atom. The highest BCUT2D eigenvalue weighted by Crippen LogP contribution is 2.32. The number of anilines is 2. The lowest BCUT2D eigenvalue weighted by atomic mass is 10.2. The normalized spacial score (nSPS) is 16.0. The second kappa shape index (κ2) is 10.7. The Balaban J connectivity index is 1.74. The molecular formula is C25H21ClIN3O5S. The van der Waals surface area contributed by atoms with Gasteiger partial charge in [-0.15, -0.1) is 0 Å². The molecule has 3 amide bonds. The van der Waals surface area contributed by atoms with E-state index in [1.807, 2.05) is 0 Å². The zero-order chi connectivity index (χ0) is 26.0. The van der Waals surface area contributed by atoms with E-state index in [0.717, 1.165) is 12.8 Å². The van der Waals surface area contributed by atoms with Crippen molar-refractivity contribution in [3.05, 3.63) is 87.0 Å². The van der Waals surface area contributed by atoms with E-state index in [4.69, 9.17) is 11.6 Å². The molecule has 0 bridgehead atoms. The monoisotopic (exact) mass is 637 g/mol. The number of hydrogen-bond acceptors (Lipinski definition) is 5. The van der Waals surface area contributed by atoms with Crippen LogP contribution in [0.5, 0.6) is 0 Å². The van der Waals surface area contributed by atoms with Crippen LogP contribution in [0.15, 0.2) is 77.7 Å². The highest BCUT2D eigenvalue weighted by atomic mass is 127. The SMILES string of the molecule is CC(=O)Nc1ccc(S(=O)(=O)N(Cc2ccccc2Cl)C2CC(=O)N(c3ccc(I)cc3)C2=O)cc1. The third-order valence-electron chi connectivity index (χ3n) is 5.62. The lowest BCUT2D eigenvalue weighted by molar-refractivity contribution is -0.122. The molecule has 1 aliphatic heterocycles. The van der Waals surface area contributed by atoms with Gasteiger partial charge in [-0.25, -0.2) is 13.3 Å². The van der Waals surface area contributed by atoms with Crippen LogP contribution in [0, 0.1) is 3.57 Å². The van der Waals surface area contributed by atoms with E-state index in [0.29, 0.717) is 22.0 Å². The van der Waals surface area contributed by atoms with Gasteiger partial charge in [-0.3, -0.25) is 14.4 Å². The summed E-state index contributed by atoms with van der Waals surface area (Å²) in [6, 6.07) is 17.9. The first-order chi connectivity index (χ1) is 17.1. The Labute approximate surface area is 227 Å². The van der Waals surface area contributed by atoms with Crippen LogP contribution in [-0.2, 0) is 31.0 Å². The number of benzene rings is 3. The molecule has 0 aliphatic carbocycles. The standard InChI is InChI=1S/C25H21ClIN3O5S/c1-16(31)28-19-8-12-21(13-9-19)36(34,35)29(15-17-4-2-3-5-22(17)26)23-14-24(32)30(25(23)33)20-10-6-18(27)7-11-20/h2-13,23H,14-15H2,1H3,(H,28,31). The average molecular weight is 638 g/mol. The molecule has 8 nitrogen and oxygen atoms in total. The van der Waals surface area contributed by atoms with Crippen molar-refractivity contribution in [1.29, 1.82) is 0 Å². The second-order valence-corrected chi connectivity index (χ2v) is 11.7. The molecule has 1 N–H and O–H groups in total. The van der Waals surface area contributed by atoms with E-state index in [9.17, 15) is 22.8 Å². The first-order valence-corrected chi connectivity index (χ1v) is 13.7. The molecule has 0 spiro atoms. The molecule has 1 heterocycles. The summed E-state index contributed by atoms with van der Waals surface area (Å²) in [6.07, 6.45) is -0.307. The van der Waals surface area contributed by atoms with Gasteiger partial charge < -0.3 is 5.32 Å². The van der Waals surface area contributed by atoms with Gasteiger partial charge in [0.05, 0.1) is 17.0 Å². The summed E-state index contributed by atoms with van der Waals surface area (Å²) in [5.41, 5.74) is 1.30. The Bertz CT molecular complexity index is 1430. The van der Waals surface area contributed by atoms with Crippen LogP contribution in [0.1, 0.15) is 18.9 Å². The summed E-state index contributed by atoms with van der Waals surface area (Å²) in [5.74, 6) is -1.42. The predicted molar refractivity (Wildman–Crippen MR) is 145 cm³/mol. The van der Waals surface area contributed by atoms with Gasteiger partial charge in [0.1, 0.15) is 6.04 Å². The van der Waals surface area contributed by atoms with Crippen molar-refractivity contribution in [2.24, 2.45) is 0 Å². The van der Waals surface area contributed by atoms with E-state index in [-0.39, 0.29) is 23.8 Å². The zero-order valence-corrected chi connectivity index (χ0v) is 22.7. The largest absolute Gasteiger partial charge is 0.326 e. The number of sulfonamides is 1. The highest BCUT2D eigenvalue weighted by Gasteiger charge is 2.47. The van der Waals surface area contributed by atoms with Crippen LogP contribution >= 0.6 is 34.2 Å². The van der Waals surface area contributed by atoms with E-state index in [1.165, 1.54) is 31.2 Å². The minimum absolute atomic E-state index is 0.0865. The molecule has 1 saturated heterocycles. The second-order valence-electron chi connectivity index (χ2n) is 8.11. The highest BCUT2D eigenvalue weighted by molar-refractivity contribution is 14.1. The molecule has 1 aliphatic rings. The van der Waals surface area contributed by atoms with E-state index in [2.05, 4.69) is 27.9 Å². The van der Waals surface area contributed by atoms with Gasteiger partial charge in [-0.1, -0.05) is 29.8 Å². The maximum Gasteiger partial charge on any atom is 0.252 e. The molecule has 1 unspecified atom stereocenters. The number of amides is 3. The summed E-state index contributed by atoms with van der Waals surface area (Å²) in [5, 5.41) is 2.92. The smallest absolute Gasteiger partial charge is 0.252 e. The molecule has 4 rings (SSSR count). The van der Waals surface area contributed by atoms with Gasteiger partial charge in [-0.05, 0) is 82.8 Å². The molecule has 3 aromatic carbocycles. The fourth-order valence-corrected chi connectivity index (χ4v) is 6.02.